The molecule has 7 nitrogen and oxygen atoms in total. The number of para-hydroxylation sites is 1. The lowest BCUT2D eigenvalue weighted by atomic mass is 10.0. The summed E-state index contributed by atoms with van der Waals surface area (Å²) in [7, 11) is 0. The average Bonchev–Trinajstić information content (AvgIpc) is 2.96. The zero-order chi connectivity index (χ0) is 17.1. The smallest absolute Gasteiger partial charge is 0.326 e. The molecule has 1 saturated heterocycles. The summed E-state index contributed by atoms with van der Waals surface area (Å²) in [5.74, 6) is -1.14. The van der Waals surface area contributed by atoms with E-state index in [2.05, 4.69) is 10.3 Å². The number of carbonyl (C=O) groups is 2. The number of hydrogen-bond acceptors (Lipinski definition) is 4. The molecular formula is C17H20N4O3. The number of rotatable bonds is 4. The average molecular weight is 328 g/mol. The first-order chi connectivity index (χ1) is 11.6. The Morgan fingerprint density at radius 2 is 2.00 bits per heavy atom. The lowest BCUT2D eigenvalue weighted by Crippen LogP contribution is -2.48. The van der Waals surface area contributed by atoms with Gasteiger partial charge in [0.15, 0.2) is 0 Å². The lowest BCUT2D eigenvalue weighted by Gasteiger charge is -2.32. The highest BCUT2D eigenvalue weighted by Crippen LogP contribution is 2.19. The molecule has 1 aromatic carbocycles. The Balaban J connectivity index is 1.78. The van der Waals surface area contributed by atoms with Gasteiger partial charge in [0.2, 0.25) is 5.91 Å². The van der Waals surface area contributed by atoms with Crippen LogP contribution in [0.3, 0.4) is 0 Å². The molecule has 3 rings (SSSR count). The number of nitrogens with zero attached hydrogens (tertiary/aromatic N) is 4. The summed E-state index contributed by atoms with van der Waals surface area (Å²) in [6, 6.07) is 8.84. The summed E-state index contributed by atoms with van der Waals surface area (Å²) in [5.41, 5.74) is 2.25. The van der Waals surface area contributed by atoms with E-state index >= 15 is 0 Å². The molecule has 1 aliphatic rings. The zero-order valence-electron chi connectivity index (χ0n) is 13.6. The molecule has 1 aromatic heterocycles. The molecule has 24 heavy (non-hydrogen) atoms. The fourth-order valence-electron chi connectivity index (χ4n) is 3.07. The van der Waals surface area contributed by atoms with Gasteiger partial charge in [0.05, 0.1) is 23.5 Å². The molecule has 0 saturated carbocycles. The largest absolute Gasteiger partial charge is 0.480 e. The maximum absolute atomic E-state index is 12.6. The molecule has 0 radical (unpaired) electrons. The number of aromatic nitrogens is 3. The summed E-state index contributed by atoms with van der Waals surface area (Å²) < 4.78 is 1.69. The number of piperidine rings is 1. The number of hydrogen-bond donors (Lipinski definition) is 1. The molecule has 2 aromatic rings. The molecule has 0 aliphatic carbocycles. The maximum atomic E-state index is 12.6. The first-order valence-corrected chi connectivity index (χ1v) is 8.07. The van der Waals surface area contributed by atoms with Crippen molar-refractivity contribution in [3.63, 3.8) is 0 Å². The second kappa shape index (κ2) is 6.82. The number of carbonyl (C=O) groups excluding carboxylic acids is 1. The molecule has 2 heterocycles. The first-order valence-electron chi connectivity index (χ1n) is 8.07. The van der Waals surface area contributed by atoms with E-state index in [1.165, 1.54) is 4.90 Å². The Labute approximate surface area is 139 Å². The van der Waals surface area contributed by atoms with Gasteiger partial charge in [-0.25, -0.2) is 9.48 Å². The quantitative estimate of drug-likeness (QED) is 0.920. The van der Waals surface area contributed by atoms with E-state index in [9.17, 15) is 14.7 Å². The predicted molar refractivity (Wildman–Crippen MR) is 86.8 cm³/mol. The van der Waals surface area contributed by atoms with Crippen molar-refractivity contribution in [2.24, 2.45) is 0 Å². The van der Waals surface area contributed by atoms with Crippen molar-refractivity contribution in [1.29, 1.82) is 0 Å². The standard InChI is InChI=1S/C17H20N4O3/c1-12-14(18-19-21(12)13-7-3-2-4-8-13)11-16(22)20-10-6-5-9-15(20)17(23)24/h2-4,7-8,15H,5-6,9-11H2,1H3,(H,23,24)/t15-/m1/s1. The minimum Gasteiger partial charge on any atom is -0.480 e. The number of likely N-dealkylation sites (tertiary alicyclic amines) is 1. The van der Waals surface area contributed by atoms with Gasteiger partial charge in [0.25, 0.3) is 0 Å². The fraction of sp³-hybridized carbons (Fsp3) is 0.412. The van der Waals surface area contributed by atoms with Crippen molar-refractivity contribution in [2.45, 2.75) is 38.6 Å². The number of amides is 1. The Kier molecular flexibility index (Phi) is 4.59. The molecule has 0 spiro atoms. The van der Waals surface area contributed by atoms with Gasteiger partial charge in [-0.15, -0.1) is 5.10 Å². The Hall–Kier alpha value is -2.70. The lowest BCUT2D eigenvalue weighted by molar-refractivity contribution is -0.151. The molecule has 1 N–H and O–H groups in total. The summed E-state index contributed by atoms with van der Waals surface area (Å²) in [6.45, 7) is 2.35. The van der Waals surface area contributed by atoms with Crippen LogP contribution < -0.4 is 0 Å². The Morgan fingerprint density at radius 3 is 2.71 bits per heavy atom. The number of carboxylic acids is 1. The van der Waals surface area contributed by atoms with Crippen LogP contribution in [0.2, 0.25) is 0 Å². The van der Waals surface area contributed by atoms with E-state index in [1.807, 2.05) is 37.3 Å². The van der Waals surface area contributed by atoms with Crippen LogP contribution in [0.15, 0.2) is 30.3 Å². The van der Waals surface area contributed by atoms with Crippen molar-refractivity contribution >= 4 is 11.9 Å². The van der Waals surface area contributed by atoms with Gasteiger partial charge in [-0.3, -0.25) is 4.79 Å². The van der Waals surface area contributed by atoms with E-state index in [4.69, 9.17) is 0 Å². The third-order valence-corrected chi connectivity index (χ3v) is 4.42. The third kappa shape index (κ3) is 3.15. The molecule has 7 heteroatoms. The SMILES string of the molecule is Cc1c(CC(=O)N2CCCC[C@@H]2C(=O)O)nnn1-c1ccccc1. The molecular weight excluding hydrogens is 308 g/mol. The van der Waals surface area contributed by atoms with Gasteiger partial charge in [-0.1, -0.05) is 23.4 Å². The molecule has 1 fully saturated rings. The Morgan fingerprint density at radius 1 is 1.25 bits per heavy atom. The summed E-state index contributed by atoms with van der Waals surface area (Å²) >= 11 is 0. The highest BCUT2D eigenvalue weighted by molar-refractivity contribution is 5.85. The molecule has 1 amide bonds. The van der Waals surface area contributed by atoms with Crippen molar-refractivity contribution in [2.75, 3.05) is 6.54 Å². The van der Waals surface area contributed by atoms with Crippen LogP contribution >= 0.6 is 0 Å². The molecule has 0 unspecified atom stereocenters. The highest BCUT2D eigenvalue weighted by Gasteiger charge is 2.32. The summed E-state index contributed by atoms with van der Waals surface area (Å²) in [6.07, 6.45) is 2.26. The molecule has 1 aliphatic heterocycles. The van der Waals surface area contributed by atoms with Gasteiger partial charge < -0.3 is 10.0 Å². The summed E-state index contributed by atoms with van der Waals surface area (Å²) in [4.78, 5) is 25.4. The van der Waals surface area contributed by atoms with Crippen molar-refractivity contribution in [3.05, 3.63) is 41.7 Å². The van der Waals surface area contributed by atoms with Gasteiger partial charge in [0.1, 0.15) is 6.04 Å². The number of carboxylic acid groups (broad SMARTS) is 1. The molecule has 0 bridgehead atoms. The van der Waals surface area contributed by atoms with E-state index in [1.54, 1.807) is 4.68 Å². The van der Waals surface area contributed by atoms with Crippen molar-refractivity contribution < 1.29 is 14.7 Å². The predicted octanol–water partition coefficient (Wildman–Crippen LogP) is 1.58. The van der Waals surface area contributed by atoms with E-state index in [0.717, 1.165) is 24.2 Å². The second-order valence-corrected chi connectivity index (χ2v) is 5.98. The maximum Gasteiger partial charge on any atom is 0.326 e. The van der Waals surface area contributed by atoms with Crippen molar-refractivity contribution in [3.8, 4) is 5.69 Å². The fourth-order valence-corrected chi connectivity index (χ4v) is 3.07. The van der Waals surface area contributed by atoms with Crippen LogP contribution in [0.25, 0.3) is 5.69 Å². The minimum absolute atomic E-state index is 0.0719. The van der Waals surface area contributed by atoms with Gasteiger partial charge >= 0.3 is 5.97 Å². The number of benzene rings is 1. The number of aliphatic carboxylic acids is 1. The van der Waals surface area contributed by atoms with Crippen LogP contribution in [0.1, 0.15) is 30.7 Å². The van der Waals surface area contributed by atoms with E-state index in [-0.39, 0.29) is 12.3 Å². The summed E-state index contributed by atoms with van der Waals surface area (Å²) in [5, 5.41) is 17.5. The van der Waals surface area contributed by atoms with Gasteiger partial charge in [-0.2, -0.15) is 0 Å². The monoisotopic (exact) mass is 328 g/mol. The first kappa shape index (κ1) is 16.2. The van der Waals surface area contributed by atoms with Crippen molar-refractivity contribution in [1.82, 2.24) is 19.9 Å². The third-order valence-electron chi connectivity index (χ3n) is 4.42. The van der Waals surface area contributed by atoms with Crippen LogP contribution in [0, 0.1) is 6.92 Å². The minimum atomic E-state index is -0.937. The van der Waals surface area contributed by atoms with Crippen LogP contribution in [0.4, 0.5) is 0 Å². The van der Waals surface area contributed by atoms with Gasteiger partial charge in [0, 0.05) is 6.54 Å². The van der Waals surface area contributed by atoms with Crippen LogP contribution in [-0.4, -0.2) is 49.5 Å². The van der Waals surface area contributed by atoms with Gasteiger partial charge in [-0.05, 0) is 38.3 Å². The molecule has 126 valence electrons. The van der Waals surface area contributed by atoms with E-state index in [0.29, 0.717) is 18.7 Å². The highest BCUT2D eigenvalue weighted by atomic mass is 16.4. The normalized spacial score (nSPS) is 17.7. The topological polar surface area (TPSA) is 88.3 Å². The van der Waals surface area contributed by atoms with Crippen LogP contribution in [-0.2, 0) is 16.0 Å². The van der Waals surface area contributed by atoms with Crippen LogP contribution in [0.5, 0.6) is 0 Å². The molecule has 1 atom stereocenters. The Bertz CT molecular complexity index is 742. The van der Waals surface area contributed by atoms with E-state index < -0.39 is 12.0 Å². The second-order valence-electron chi connectivity index (χ2n) is 5.98. The zero-order valence-corrected chi connectivity index (χ0v) is 13.6.